The number of hydrogen-bond acceptors (Lipinski definition) is 1. The monoisotopic (exact) mass is 421 g/mol. The number of benzene rings is 2. The van der Waals surface area contributed by atoms with Gasteiger partial charge in [-0.2, -0.15) is 0 Å². The summed E-state index contributed by atoms with van der Waals surface area (Å²) in [6.07, 6.45) is 0. The lowest BCUT2D eigenvalue weighted by molar-refractivity contribution is 0.519. The predicted molar refractivity (Wildman–Crippen MR) is 83.7 cm³/mol. The third kappa shape index (κ3) is 3.49. The van der Waals surface area contributed by atoms with Gasteiger partial charge in [0.25, 0.3) is 0 Å². The molecule has 0 fully saturated rings. The first-order valence-corrected chi connectivity index (χ1v) is 7.86. The minimum absolute atomic E-state index is 0.0339. The Labute approximate surface area is 137 Å². The standard InChI is InChI=1S/C15H12Br2F3N/c1-2-21-15(14-9(16)4-3-5-11(14)18)8-6-13(20)10(17)7-12(8)19/h3-7,15,21H,2H2,1H3. The molecule has 0 bridgehead atoms. The van der Waals surface area contributed by atoms with Gasteiger partial charge in [-0.3, -0.25) is 0 Å². The van der Waals surface area contributed by atoms with Crippen LogP contribution in [0.5, 0.6) is 0 Å². The Bertz CT molecular complexity index is 641. The van der Waals surface area contributed by atoms with Crippen LogP contribution in [0.3, 0.4) is 0 Å². The summed E-state index contributed by atoms with van der Waals surface area (Å²) in [5.41, 5.74) is 0.309. The van der Waals surface area contributed by atoms with E-state index < -0.39 is 23.5 Å². The van der Waals surface area contributed by atoms with Crippen LogP contribution < -0.4 is 5.32 Å². The van der Waals surface area contributed by atoms with Crippen molar-refractivity contribution in [1.82, 2.24) is 5.32 Å². The van der Waals surface area contributed by atoms with Crippen LogP contribution in [-0.4, -0.2) is 6.54 Å². The molecule has 1 N–H and O–H groups in total. The van der Waals surface area contributed by atoms with Gasteiger partial charge >= 0.3 is 0 Å². The average Bonchev–Trinajstić information content (AvgIpc) is 2.42. The van der Waals surface area contributed by atoms with E-state index in [1.807, 2.05) is 6.92 Å². The van der Waals surface area contributed by atoms with Crippen molar-refractivity contribution in [1.29, 1.82) is 0 Å². The lowest BCUT2D eigenvalue weighted by atomic mass is 9.97. The Morgan fingerprint density at radius 1 is 1.00 bits per heavy atom. The quantitative estimate of drug-likeness (QED) is 0.656. The van der Waals surface area contributed by atoms with Crippen molar-refractivity contribution in [3.05, 3.63) is 67.9 Å². The molecule has 0 aliphatic rings. The second-order valence-electron chi connectivity index (χ2n) is 4.41. The smallest absolute Gasteiger partial charge is 0.137 e. The Balaban J connectivity index is 2.62. The largest absolute Gasteiger partial charge is 0.306 e. The highest BCUT2D eigenvalue weighted by molar-refractivity contribution is 9.10. The van der Waals surface area contributed by atoms with Crippen LogP contribution in [0.1, 0.15) is 24.1 Å². The maximum Gasteiger partial charge on any atom is 0.137 e. The Kier molecular flexibility index (Phi) is 5.46. The second kappa shape index (κ2) is 6.94. The normalized spacial score (nSPS) is 12.5. The minimum atomic E-state index is -0.784. The average molecular weight is 423 g/mol. The van der Waals surface area contributed by atoms with Crippen molar-refractivity contribution >= 4 is 31.9 Å². The third-order valence-electron chi connectivity index (χ3n) is 3.05. The molecule has 6 heteroatoms. The van der Waals surface area contributed by atoms with E-state index in [9.17, 15) is 13.2 Å². The van der Waals surface area contributed by atoms with Gasteiger partial charge in [-0.05, 0) is 46.7 Å². The maximum absolute atomic E-state index is 14.2. The molecule has 0 aliphatic carbocycles. The van der Waals surface area contributed by atoms with E-state index in [0.29, 0.717) is 11.0 Å². The third-order valence-corrected chi connectivity index (χ3v) is 4.35. The molecule has 2 aromatic carbocycles. The lowest BCUT2D eigenvalue weighted by Crippen LogP contribution is -2.24. The van der Waals surface area contributed by atoms with Crippen molar-refractivity contribution in [2.24, 2.45) is 0 Å². The second-order valence-corrected chi connectivity index (χ2v) is 6.12. The zero-order chi connectivity index (χ0) is 15.6. The molecule has 0 amide bonds. The molecule has 0 saturated heterocycles. The lowest BCUT2D eigenvalue weighted by Gasteiger charge is -2.21. The van der Waals surface area contributed by atoms with Crippen molar-refractivity contribution in [2.45, 2.75) is 13.0 Å². The number of hydrogen-bond donors (Lipinski definition) is 1. The van der Waals surface area contributed by atoms with E-state index in [1.54, 1.807) is 12.1 Å². The summed E-state index contributed by atoms with van der Waals surface area (Å²) in [6, 6.07) is 5.83. The van der Waals surface area contributed by atoms with Gasteiger partial charge in [0.15, 0.2) is 0 Å². The van der Waals surface area contributed by atoms with Crippen LogP contribution >= 0.6 is 31.9 Å². The fraction of sp³-hybridized carbons (Fsp3) is 0.200. The Morgan fingerprint density at radius 2 is 1.71 bits per heavy atom. The molecule has 0 radical (unpaired) electrons. The molecule has 0 aromatic heterocycles. The van der Waals surface area contributed by atoms with Crippen LogP contribution in [0.25, 0.3) is 0 Å². The van der Waals surface area contributed by atoms with Crippen LogP contribution in [0, 0.1) is 17.5 Å². The van der Waals surface area contributed by atoms with Gasteiger partial charge < -0.3 is 5.32 Å². The molecule has 2 rings (SSSR count). The summed E-state index contributed by atoms with van der Waals surface area (Å²) in [4.78, 5) is 0. The molecule has 112 valence electrons. The molecule has 1 nitrogen and oxygen atoms in total. The fourth-order valence-electron chi connectivity index (χ4n) is 2.12. The summed E-state index contributed by atoms with van der Waals surface area (Å²) in [6.45, 7) is 2.29. The fourth-order valence-corrected chi connectivity index (χ4v) is 3.00. The van der Waals surface area contributed by atoms with Crippen molar-refractivity contribution in [2.75, 3.05) is 6.54 Å². The highest BCUT2D eigenvalue weighted by Crippen LogP contribution is 2.33. The van der Waals surface area contributed by atoms with Gasteiger partial charge in [0.05, 0.1) is 10.5 Å². The summed E-state index contributed by atoms with van der Waals surface area (Å²) in [7, 11) is 0. The van der Waals surface area contributed by atoms with Crippen molar-refractivity contribution in [3.63, 3.8) is 0 Å². The first kappa shape index (κ1) is 16.5. The van der Waals surface area contributed by atoms with Crippen LogP contribution in [-0.2, 0) is 0 Å². The molecule has 0 saturated carbocycles. The van der Waals surface area contributed by atoms with E-state index >= 15 is 0 Å². The van der Waals surface area contributed by atoms with Gasteiger partial charge in [0, 0.05) is 15.6 Å². The summed E-state index contributed by atoms with van der Waals surface area (Å²) in [5, 5.41) is 2.99. The number of nitrogens with one attached hydrogen (secondary N) is 1. The summed E-state index contributed by atoms with van der Waals surface area (Å²) < 4.78 is 42.6. The van der Waals surface area contributed by atoms with Gasteiger partial charge in [-0.1, -0.05) is 28.9 Å². The van der Waals surface area contributed by atoms with Crippen LogP contribution in [0.4, 0.5) is 13.2 Å². The van der Waals surface area contributed by atoms with E-state index in [4.69, 9.17) is 0 Å². The molecular weight excluding hydrogens is 411 g/mol. The number of halogens is 5. The molecular formula is C15H12Br2F3N. The van der Waals surface area contributed by atoms with Crippen LogP contribution in [0.2, 0.25) is 0 Å². The number of rotatable bonds is 4. The first-order chi connectivity index (χ1) is 9.95. The summed E-state index contributed by atoms with van der Waals surface area (Å²) in [5.74, 6) is -1.69. The van der Waals surface area contributed by atoms with Gasteiger partial charge in [-0.25, -0.2) is 13.2 Å². The van der Waals surface area contributed by atoms with Gasteiger partial charge in [0.2, 0.25) is 0 Å². The maximum atomic E-state index is 14.2. The SMILES string of the molecule is CCNC(c1cc(F)c(Br)cc1F)c1c(F)cccc1Br. The van der Waals surface area contributed by atoms with E-state index in [2.05, 4.69) is 37.2 Å². The predicted octanol–water partition coefficient (Wildman–Crippen LogP) is 5.33. The zero-order valence-electron chi connectivity index (χ0n) is 11.1. The van der Waals surface area contributed by atoms with Gasteiger partial charge in [0.1, 0.15) is 17.5 Å². The molecule has 0 aliphatic heterocycles. The summed E-state index contributed by atoms with van der Waals surface area (Å²) >= 11 is 6.20. The van der Waals surface area contributed by atoms with E-state index in [1.165, 1.54) is 6.07 Å². The van der Waals surface area contributed by atoms with Crippen molar-refractivity contribution < 1.29 is 13.2 Å². The van der Waals surface area contributed by atoms with Crippen LogP contribution in [0.15, 0.2) is 39.3 Å². The van der Waals surface area contributed by atoms with E-state index in [0.717, 1.165) is 12.1 Å². The zero-order valence-corrected chi connectivity index (χ0v) is 14.2. The van der Waals surface area contributed by atoms with Gasteiger partial charge in [-0.15, -0.1) is 0 Å². The molecule has 1 unspecified atom stereocenters. The minimum Gasteiger partial charge on any atom is -0.306 e. The Morgan fingerprint density at radius 3 is 2.33 bits per heavy atom. The Hall–Kier alpha value is -0.850. The topological polar surface area (TPSA) is 12.0 Å². The molecule has 0 spiro atoms. The molecule has 21 heavy (non-hydrogen) atoms. The van der Waals surface area contributed by atoms with E-state index in [-0.39, 0.29) is 15.6 Å². The molecule has 2 aromatic rings. The first-order valence-electron chi connectivity index (χ1n) is 6.27. The van der Waals surface area contributed by atoms with Crippen molar-refractivity contribution in [3.8, 4) is 0 Å². The highest BCUT2D eigenvalue weighted by Gasteiger charge is 2.24. The molecule has 0 heterocycles. The molecule has 1 atom stereocenters. The highest BCUT2D eigenvalue weighted by atomic mass is 79.9.